The molecule has 0 atom stereocenters. The Hall–Kier alpha value is -1.21. The number of halogens is 2. The van der Waals surface area contributed by atoms with Crippen molar-refractivity contribution in [2.45, 2.75) is 6.42 Å². The van der Waals surface area contributed by atoms with E-state index in [0.29, 0.717) is 13.0 Å². The monoisotopic (exact) mass is 292 g/mol. The van der Waals surface area contributed by atoms with E-state index in [9.17, 15) is 14.5 Å². The normalized spacial score (nSPS) is 10.2. The van der Waals surface area contributed by atoms with Crippen molar-refractivity contribution in [3.8, 4) is 0 Å². The van der Waals surface area contributed by atoms with Crippen LogP contribution in [0.2, 0.25) is 0 Å². The molecule has 0 spiro atoms. The van der Waals surface area contributed by atoms with Gasteiger partial charge in [-0.1, -0.05) is 0 Å². The summed E-state index contributed by atoms with van der Waals surface area (Å²) >= 11 is 2.95. The number of aliphatic hydroxyl groups is 1. The molecule has 0 saturated carbocycles. The molecule has 88 valence electrons. The molecular formula is C9H10BrFN2O3. The number of hydrogen-bond donors (Lipinski definition) is 2. The van der Waals surface area contributed by atoms with Gasteiger partial charge in [0.1, 0.15) is 11.5 Å². The molecule has 1 aromatic carbocycles. The zero-order valence-electron chi connectivity index (χ0n) is 8.24. The molecular weight excluding hydrogens is 283 g/mol. The molecule has 0 aliphatic carbocycles. The highest BCUT2D eigenvalue weighted by atomic mass is 79.9. The van der Waals surface area contributed by atoms with Crippen molar-refractivity contribution in [1.29, 1.82) is 0 Å². The average Bonchev–Trinajstić information content (AvgIpc) is 2.23. The van der Waals surface area contributed by atoms with Crippen LogP contribution in [-0.2, 0) is 0 Å². The second-order valence-electron chi connectivity index (χ2n) is 3.04. The summed E-state index contributed by atoms with van der Waals surface area (Å²) in [6.07, 6.45) is 0.464. The third-order valence-electron chi connectivity index (χ3n) is 1.89. The van der Waals surface area contributed by atoms with Gasteiger partial charge >= 0.3 is 0 Å². The van der Waals surface area contributed by atoms with E-state index in [2.05, 4.69) is 21.2 Å². The van der Waals surface area contributed by atoms with Gasteiger partial charge in [0.2, 0.25) is 0 Å². The summed E-state index contributed by atoms with van der Waals surface area (Å²) in [5.41, 5.74) is -0.0923. The van der Waals surface area contributed by atoms with Gasteiger partial charge in [0, 0.05) is 13.2 Å². The van der Waals surface area contributed by atoms with Crippen LogP contribution in [0.4, 0.5) is 15.8 Å². The van der Waals surface area contributed by atoms with Crippen molar-refractivity contribution in [3.63, 3.8) is 0 Å². The van der Waals surface area contributed by atoms with Crippen LogP contribution in [0.5, 0.6) is 0 Å². The summed E-state index contributed by atoms with van der Waals surface area (Å²) < 4.78 is 13.2. The van der Waals surface area contributed by atoms with Gasteiger partial charge in [-0.05, 0) is 28.4 Å². The summed E-state index contributed by atoms with van der Waals surface area (Å²) in [5, 5.41) is 22.0. The van der Waals surface area contributed by atoms with E-state index in [0.717, 1.165) is 6.07 Å². The van der Waals surface area contributed by atoms with Crippen molar-refractivity contribution in [2.24, 2.45) is 0 Å². The number of hydrogen-bond acceptors (Lipinski definition) is 4. The van der Waals surface area contributed by atoms with Crippen molar-refractivity contribution in [1.82, 2.24) is 0 Å². The fourth-order valence-corrected chi connectivity index (χ4v) is 1.47. The Bertz CT molecular complexity index is 401. The molecule has 1 aromatic rings. The van der Waals surface area contributed by atoms with Gasteiger partial charge in [0.25, 0.3) is 5.69 Å². The predicted molar refractivity (Wildman–Crippen MR) is 60.9 cm³/mol. The topological polar surface area (TPSA) is 75.4 Å². The predicted octanol–water partition coefficient (Wildman–Crippen LogP) is 2.29. The van der Waals surface area contributed by atoms with Crippen molar-refractivity contribution in [3.05, 3.63) is 32.5 Å². The summed E-state index contributed by atoms with van der Waals surface area (Å²) in [7, 11) is 0. The molecule has 0 radical (unpaired) electrons. The van der Waals surface area contributed by atoms with Gasteiger partial charge in [-0.25, -0.2) is 4.39 Å². The molecule has 5 nitrogen and oxygen atoms in total. The van der Waals surface area contributed by atoms with Crippen LogP contribution < -0.4 is 5.32 Å². The molecule has 7 heteroatoms. The van der Waals surface area contributed by atoms with Crippen LogP contribution in [0.25, 0.3) is 0 Å². The molecule has 0 aliphatic rings. The first-order chi connectivity index (χ1) is 7.56. The molecule has 0 heterocycles. The van der Waals surface area contributed by atoms with E-state index >= 15 is 0 Å². The molecule has 0 bridgehead atoms. The van der Waals surface area contributed by atoms with Crippen LogP contribution in [-0.4, -0.2) is 23.2 Å². The van der Waals surface area contributed by atoms with Crippen LogP contribution >= 0.6 is 15.9 Å². The maximum absolute atomic E-state index is 13.1. The Morgan fingerprint density at radius 1 is 1.56 bits per heavy atom. The smallest absolute Gasteiger partial charge is 0.295 e. The highest BCUT2D eigenvalue weighted by Crippen LogP contribution is 2.30. The summed E-state index contributed by atoms with van der Waals surface area (Å²) in [6.45, 7) is 0.374. The van der Waals surface area contributed by atoms with Crippen LogP contribution in [0.1, 0.15) is 6.42 Å². The van der Waals surface area contributed by atoms with Crippen LogP contribution in [0.3, 0.4) is 0 Å². The molecule has 2 N–H and O–H groups in total. The average molecular weight is 293 g/mol. The standard InChI is InChI=1S/C9H10BrFN2O3/c10-6-4-8(12-2-1-3-14)9(13(15)16)5-7(6)11/h4-5,12,14H,1-3H2. The second-order valence-corrected chi connectivity index (χ2v) is 3.90. The third kappa shape index (κ3) is 3.14. The van der Waals surface area contributed by atoms with Gasteiger partial charge in [-0.3, -0.25) is 10.1 Å². The van der Waals surface area contributed by atoms with Crippen molar-refractivity contribution >= 4 is 27.3 Å². The highest BCUT2D eigenvalue weighted by molar-refractivity contribution is 9.10. The highest BCUT2D eigenvalue weighted by Gasteiger charge is 2.16. The van der Waals surface area contributed by atoms with Gasteiger partial charge in [-0.15, -0.1) is 0 Å². The fraction of sp³-hybridized carbons (Fsp3) is 0.333. The minimum Gasteiger partial charge on any atom is -0.396 e. The SMILES string of the molecule is O=[N+]([O-])c1cc(F)c(Br)cc1NCCCO. The summed E-state index contributed by atoms with van der Waals surface area (Å²) in [4.78, 5) is 10.00. The first-order valence-corrected chi connectivity index (χ1v) is 5.33. The van der Waals surface area contributed by atoms with E-state index in [1.807, 2.05) is 0 Å². The van der Waals surface area contributed by atoms with E-state index in [4.69, 9.17) is 5.11 Å². The Balaban J connectivity index is 2.95. The Labute approximate surface area is 99.6 Å². The van der Waals surface area contributed by atoms with Crippen LogP contribution in [0, 0.1) is 15.9 Å². The largest absolute Gasteiger partial charge is 0.396 e. The number of nitro benzene ring substituents is 1. The zero-order valence-corrected chi connectivity index (χ0v) is 9.83. The quantitative estimate of drug-likeness (QED) is 0.496. The lowest BCUT2D eigenvalue weighted by Gasteiger charge is -2.07. The minimum atomic E-state index is -0.681. The molecule has 16 heavy (non-hydrogen) atoms. The lowest BCUT2D eigenvalue weighted by molar-refractivity contribution is -0.384. The second kappa shape index (κ2) is 5.76. The zero-order chi connectivity index (χ0) is 12.1. The van der Waals surface area contributed by atoms with E-state index in [1.165, 1.54) is 6.07 Å². The number of rotatable bonds is 5. The van der Waals surface area contributed by atoms with Gasteiger partial charge in [0.05, 0.1) is 15.5 Å². The fourth-order valence-electron chi connectivity index (χ4n) is 1.13. The van der Waals surface area contributed by atoms with E-state index in [-0.39, 0.29) is 22.5 Å². The maximum atomic E-state index is 13.1. The number of nitrogens with zero attached hydrogens (tertiary/aromatic N) is 1. The molecule has 0 unspecified atom stereocenters. The van der Waals surface area contributed by atoms with Gasteiger partial charge in [0.15, 0.2) is 0 Å². The number of benzene rings is 1. The Morgan fingerprint density at radius 2 is 2.25 bits per heavy atom. The molecule has 0 aliphatic heterocycles. The minimum absolute atomic E-state index is 0.0108. The maximum Gasteiger partial charge on any atom is 0.295 e. The van der Waals surface area contributed by atoms with Crippen molar-refractivity contribution < 1.29 is 14.4 Å². The number of nitrogens with one attached hydrogen (secondary N) is 1. The number of anilines is 1. The number of nitro groups is 1. The lowest BCUT2D eigenvalue weighted by atomic mass is 10.2. The molecule has 0 amide bonds. The Kier molecular flexibility index (Phi) is 4.63. The molecule has 0 saturated heterocycles. The van der Waals surface area contributed by atoms with E-state index < -0.39 is 10.7 Å². The Morgan fingerprint density at radius 3 is 2.81 bits per heavy atom. The van der Waals surface area contributed by atoms with E-state index in [1.54, 1.807) is 0 Å². The molecule has 0 aromatic heterocycles. The molecule has 1 rings (SSSR count). The van der Waals surface area contributed by atoms with Gasteiger partial charge in [-0.2, -0.15) is 0 Å². The first kappa shape index (κ1) is 12.9. The van der Waals surface area contributed by atoms with Crippen molar-refractivity contribution in [2.75, 3.05) is 18.5 Å². The van der Waals surface area contributed by atoms with Gasteiger partial charge < -0.3 is 10.4 Å². The lowest BCUT2D eigenvalue weighted by Crippen LogP contribution is -2.06. The first-order valence-electron chi connectivity index (χ1n) is 4.54. The van der Waals surface area contributed by atoms with Crippen LogP contribution in [0.15, 0.2) is 16.6 Å². The number of aliphatic hydroxyl groups excluding tert-OH is 1. The third-order valence-corrected chi connectivity index (χ3v) is 2.49. The molecule has 0 fully saturated rings. The summed E-state index contributed by atoms with van der Waals surface area (Å²) in [6, 6.07) is 2.16. The summed E-state index contributed by atoms with van der Waals surface area (Å²) in [5.74, 6) is -0.681.